The lowest BCUT2D eigenvalue weighted by molar-refractivity contribution is 0.672. The lowest BCUT2D eigenvalue weighted by Gasteiger charge is -2.40. The zero-order valence-corrected chi connectivity index (χ0v) is 33.6. The predicted octanol–water partition coefficient (Wildman–Crippen LogP) is 15.6. The molecule has 0 saturated carbocycles. The molecule has 12 aromatic rings. The van der Waals surface area contributed by atoms with Crippen molar-refractivity contribution in [2.24, 2.45) is 0 Å². The van der Waals surface area contributed by atoms with Gasteiger partial charge in [-0.05, 0) is 104 Å². The average Bonchev–Trinajstić information content (AvgIpc) is 3.99. The molecule has 0 amide bonds. The fourth-order valence-corrected chi connectivity index (χ4v) is 11.3. The van der Waals surface area contributed by atoms with E-state index in [0.29, 0.717) is 0 Å². The Morgan fingerprint density at radius 2 is 1.05 bits per heavy atom. The van der Waals surface area contributed by atoms with E-state index in [2.05, 4.69) is 228 Å². The Balaban J connectivity index is 1.04. The van der Waals surface area contributed by atoms with Gasteiger partial charge < -0.3 is 13.9 Å². The van der Waals surface area contributed by atoms with Crippen LogP contribution in [0.4, 0.5) is 17.1 Å². The first-order chi connectivity index (χ1) is 30.8. The SMILES string of the molecule is c1ccc(N(c2ccc(-c3ccc4c(c3)-n3c5ccccc5c5c6oc7ccccc7c6cc(c53)C43c4ccccc4-c4ccccc43)cc2)c2cccc3ccccc23)cc1. The molecule has 0 atom stereocenters. The Bertz CT molecular complexity index is 3760. The maximum absolute atomic E-state index is 6.88. The molecule has 10 aromatic carbocycles. The van der Waals surface area contributed by atoms with Gasteiger partial charge in [0.1, 0.15) is 11.2 Å². The van der Waals surface area contributed by atoms with Gasteiger partial charge in [0, 0.05) is 32.9 Å². The highest BCUT2D eigenvalue weighted by Gasteiger charge is 2.51. The number of anilines is 3. The van der Waals surface area contributed by atoms with Crippen molar-refractivity contribution in [3.05, 3.63) is 241 Å². The van der Waals surface area contributed by atoms with E-state index in [9.17, 15) is 0 Å². The van der Waals surface area contributed by atoms with Crippen LogP contribution in [-0.4, -0.2) is 4.57 Å². The monoisotopic (exact) mass is 788 g/mol. The summed E-state index contributed by atoms with van der Waals surface area (Å²) in [6.07, 6.45) is 0. The van der Waals surface area contributed by atoms with E-state index >= 15 is 0 Å². The number of rotatable bonds is 4. The van der Waals surface area contributed by atoms with Crippen molar-refractivity contribution in [3.8, 4) is 27.9 Å². The summed E-state index contributed by atoms with van der Waals surface area (Å²) in [5, 5.41) is 7.09. The Labute approximate surface area is 358 Å². The minimum Gasteiger partial charge on any atom is -0.455 e. The Hall–Kier alpha value is -8.14. The smallest absolute Gasteiger partial charge is 0.145 e. The van der Waals surface area contributed by atoms with E-state index in [0.717, 1.165) is 44.6 Å². The standard InChI is InChI=1S/C59H36N2O/c1-2-17-40(18-3-1)60(52-27-14-16-38-15-4-5-19-42(38)52)41-32-29-37(30-33-41)39-31-34-50-54(35-39)61-53-26-12-8-23-46(53)56-57(61)51(36-47-45-22-9-13-28-55(45)62-58(47)56)59(50)48-24-10-6-20-43(48)44-21-7-11-25-49(44)59/h1-36H. The van der Waals surface area contributed by atoms with E-state index < -0.39 is 5.41 Å². The van der Waals surface area contributed by atoms with Gasteiger partial charge in [-0.15, -0.1) is 0 Å². The summed E-state index contributed by atoms with van der Waals surface area (Å²) in [5.74, 6) is 0. The molecule has 62 heavy (non-hydrogen) atoms. The number of benzene rings is 10. The molecule has 288 valence electrons. The van der Waals surface area contributed by atoms with Gasteiger partial charge in [0.15, 0.2) is 0 Å². The molecule has 14 rings (SSSR count). The third-order valence-corrected chi connectivity index (χ3v) is 13.8. The van der Waals surface area contributed by atoms with Crippen LogP contribution < -0.4 is 4.90 Å². The first kappa shape index (κ1) is 33.7. The average molecular weight is 789 g/mol. The molecule has 3 nitrogen and oxygen atoms in total. The van der Waals surface area contributed by atoms with E-state index in [1.54, 1.807) is 0 Å². The van der Waals surface area contributed by atoms with Gasteiger partial charge in [-0.1, -0.05) is 164 Å². The molecule has 1 aliphatic carbocycles. The van der Waals surface area contributed by atoms with Crippen molar-refractivity contribution in [1.29, 1.82) is 0 Å². The van der Waals surface area contributed by atoms with Crippen LogP contribution in [0, 0.1) is 0 Å². The molecule has 0 fully saturated rings. The second-order valence-corrected chi connectivity index (χ2v) is 16.8. The number of nitrogens with zero attached hydrogens (tertiary/aromatic N) is 2. The third-order valence-electron chi connectivity index (χ3n) is 13.8. The van der Waals surface area contributed by atoms with E-state index in [1.807, 2.05) is 0 Å². The molecule has 3 heterocycles. The van der Waals surface area contributed by atoms with Gasteiger partial charge in [0.25, 0.3) is 0 Å². The zero-order chi connectivity index (χ0) is 40.5. The normalized spacial score (nSPS) is 13.3. The summed E-state index contributed by atoms with van der Waals surface area (Å²) in [7, 11) is 0. The fourth-order valence-electron chi connectivity index (χ4n) is 11.3. The summed E-state index contributed by atoms with van der Waals surface area (Å²) in [6, 6.07) is 80.2. The maximum atomic E-state index is 6.88. The summed E-state index contributed by atoms with van der Waals surface area (Å²) >= 11 is 0. The highest BCUT2D eigenvalue weighted by Crippen LogP contribution is 2.62. The Morgan fingerprint density at radius 1 is 0.419 bits per heavy atom. The molecule has 2 aromatic heterocycles. The Kier molecular flexibility index (Phi) is 6.76. The van der Waals surface area contributed by atoms with Gasteiger partial charge in [-0.25, -0.2) is 0 Å². The lowest BCUT2D eigenvalue weighted by Crippen LogP contribution is -2.33. The summed E-state index contributed by atoms with van der Waals surface area (Å²) in [6.45, 7) is 0. The molecule has 0 bridgehead atoms. The molecule has 2 aliphatic rings. The number of para-hydroxylation sites is 3. The molecule has 0 N–H and O–H groups in total. The van der Waals surface area contributed by atoms with Crippen molar-refractivity contribution in [2.45, 2.75) is 5.41 Å². The Morgan fingerprint density at radius 3 is 1.85 bits per heavy atom. The number of furan rings is 1. The van der Waals surface area contributed by atoms with Crippen LogP contribution in [0.3, 0.4) is 0 Å². The fraction of sp³-hybridized carbons (Fsp3) is 0.0169. The van der Waals surface area contributed by atoms with Crippen molar-refractivity contribution >= 4 is 71.6 Å². The largest absolute Gasteiger partial charge is 0.455 e. The molecular weight excluding hydrogens is 753 g/mol. The summed E-state index contributed by atoms with van der Waals surface area (Å²) in [4.78, 5) is 2.37. The van der Waals surface area contributed by atoms with E-state index in [4.69, 9.17) is 4.42 Å². The third kappa shape index (κ3) is 4.34. The van der Waals surface area contributed by atoms with E-state index in [-0.39, 0.29) is 0 Å². The topological polar surface area (TPSA) is 21.3 Å². The van der Waals surface area contributed by atoms with Crippen LogP contribution in [0.1, 0.15) is 22.3 Å². The van der Waals surface area contributed by atoms with Crippen LogP contribution >= 0.6 is 0 Å². The summed E-state index contributed by atoms with van der Waals surface area (Å²) in [5.41, 5.74) is 18.4. The highest BCUT2D eigenvalue weighted by molar-refractivity contribution is 6.26. The van der Waals surface area contributed by atoms with Gasteiger partial charge in [0.2, 0.25) is 0 Å². The molecule has 3 heteroatoms. The quantitative estimate of drug-likeness (QED) is 0.177. The molecular formula is C59H36N2O. The minimum absolute atomic E-state index is 0.561. The van der Waals surface area contributed by atoms with Crippen LogP contribution in [0.5, 0.6) is 0 Å². The van der Waals surface area contributed by atoms with Crippen molar-refractivity contribution < 1.29 is 4.42 Å². The first-order valence-corrected chi connectivity index (χ1v) is 21.4. The van der Waals surface area contributed by atoms with Crippen LogP contribution in [0.25, 0.3) is 82.5 Å². The van der Waals surface area contributed by atoms with Crippen molar-refractivity contribution in [2.75, 3.05) is 4.90 Å². The van der Waals surface area contributed by atoms with E-state index in [1.165, 1.54) is 77.2 Å². The maximum Gasteiger partial charge on any atom is 0.145 e. The number of hydrogen-bond acceptors (Lipinski definition) is 2. The van der Waals surface area contributed by atoms with Gasteiger partial charge in [0.05, 0.1) is 33.2 Å². The van der Waals surface area contributed by atoms with Crippen LogP contribution in [0.15, 0.2) is 223 Å². The van der Waals surface area contributed by atoms with Gasteiger partial charge in [-0.2, -0.15) is 0 Å². The number of fused-ring (bicyclic) bond motifs is 17. The molecule has 1 aliphatic heterocycles. The molecule has 0 radical (unpaired) electrons. The van der Waals surface area contributed by atoms with Crippen molar-refractivity contribution in [1.82, 2.24) is 4.57 Å². The zero-order valence-electron chi connectivity index (χ0n) is 33.6. The molecule has 1 spiro atoms. The second kappa shape index (κ2) is 12.4. The minimum atomic E-state index is -0.561. The van der Waals surface area contributed by atoms with Crippen LogP contribution in [0.2, 0.25) is 0 Å². The summed E-state index contributed by atoms with van der Waals surface area (Å²) < 4.78 is 9.42. The number of hydrogen-bond donors (Lipinski definition) is 0. The van der Waals surface area contributed by atoms with Crippen LogP contribution in [-0.2, 0) is 5.41 Å². The first-order valence-electron chi connectivity index (χ1n) is 21.4. The van der Waals surface area contributed by atoms with Gasteiger partial charge >= 0.3 is 0 Å². The van der Waals surface area contributed by atoms with Gasteiger partial charge in [-0.3, -0.25) is 0 Å². The second-order valence-electron chi connectivity index (χ2n) is 16.8. The number of aromatic nitrogens is 1. The molecule has 0 unspecified atom stereocenters. The predicted molar refractivity (Wildman–Crippen MR) is 257 cm³/mol. The highest BCUT2D eigenvalue weighted by atomic mass is 16.3. The lowest BCUT2D eigenvalue weighted by atomic mass is 9.65. The van der Waals surface area contributed by atoms with Crippen molar-refractivity contribution in [3.63, 3.8) is 0 Å². The molecule has 0 saturated heterocycles.